The lowest BCUT2D eigenvalue weighted by molar-refractivity contribution is -0.149. The number of carbonyl (C=O) groups is 2. The molecule has 0 unspecified atom stereocenters. The average Bonchev–Trinajstić information content (AvgIpc) is 2.56. The summed E-state index contributed by atoms with van der Waals surface area (Å²) in [5.41, 5.74) is 1.47. The number of rotatable bonds is 5. The van der Waals surface area contributed by atoms with Gasteiger partial charge in [-0.05, 0) is 33.1 Å². The van der Waals surface area contributed by atoms with E-state index in [1.807, 2.05) is 20.9 Å². The van der Waals surface area contributed by atoms with E-state index in [0.717, 1.165) is 30.7 Å². The second kappa shape index (κ2) is 4.72. The summed E-state index contributed by atoms with van der Waals surface area (Å²) in [7, 11) is 1.85. The fourth-order valence-electron chi connectivity index (χ4n) is 3.86. The maximum Gasteiger partial charge on any atom is 0.258 e. The summed E-state index contributed by atoms with van der Waals surface area (Å²) in [5, 5.41) is 10.2. The fraction of sp³-hybridized carbons (Fsp3) is 0.667. The number of hydrogen-bond donors (Lipinski definition) is 2. The smallest absolute Gasteiger partial charge is 0.258 e. The zero-order chi connectivity index (χ0) is 16.1. The summed E-state index contributed by atoms with van der Waals surface area (Å²) in [6.07, 6.45) is 2.45. The Kier molecular flexibility index (Phi) is 3.19. The minimum atomic E-state index is -0.137. The van der Waals surface area contributed by atoms with Gasteiger partial charge in [-0.1, -0.05) is 0 Å². The molecule has 7 heteroatoms. The molecule has 3 aliphatic carbocycles. The third kappa shape index (κ3) is 2.34. The number of amides is 2. The summed E-state index contributed by atoms with van der Waals surface area (Å²) < 4.78 is 7.34. The highest BCUT2D eigenvalue weighted by Gasteiger charge is 2.69. The number of aromatic nitrogens is 2. The molecule has 0 saturated heterocycles. The van der Waals surface area contributed by atoms with Crippen LogP contribution in [0.1, 0.15) is 37.6 Å². The van der Waals surface area contributed by atoms with Crippen molar-refractivity contribution >= 4 is 11.8 Å². The van der Waals surface area contributed by atoms with E-state index >= 15 is 0 Å². The van der Waals surface area contributed by atoms with Crippen molar-refractivity contribution in [1.82, 2.24) is 20.4 Å². The van der Waals surface area contributed by atoms with E-state index in [1.165, 1.54) is 6.92 Å². The Hall–Kier alpha value is -2.05. The molecule has 0 aromatic carbocycles. The maximum atomic E-state index is 12.1. The van der Waals surface area contributed by atoms with Crippen LogP contribution in [-0.2, 0) is 16.6 Å². The molecule has 7 nitrogen and oxygen atoms in total. The molecule has 4 rings (SSSR count). The Bertz CT molecular complexity index is 630. The Morgan fingerprint density at radius 3 is 2.32 bits per heavy atom. The minimum absolute atomic E-state index is 0.00881. The molecule has 0 radical (unpaired) electrons. The summed E-state index contributed by atoms with van der Waals surface area (Å²) >= 11 is 0. The molecule has 0 spiro atoms. The standard InChI is InChI=1S/C15H22N4O3/c1-9-13(10(2)19(4)18-9)22-5-12(21)17-15-6-14(7-15,8-15)16-11(3)20/h5-8H2,1-4H3,(H,16,20)(H,17,21). The van der Waals surface area contributed by atoms with Crippen LogP contribution in [0.5, 0.6) is 5.75 Å². The molecule has 22 heavy (non-hydrogen) atoms. The molecule has 1 heterocycles. The summed E-state index contributed by atoms with van der Waals surface area (Å²) in [5.74, 6) is 0.536. The van der Waals surface area contributed by atoms with Gasteiger partial charge in [0.25, 0.3) is 5.91 Å². The van der Waals surface area contributed by atoms with Crippen LogP contribution in [0, 0.1) is 13.8 Å². The molecule has 3 saturated carbocycles. The lowest BCUT2D eigenvalue weighted by Gasteiger charge is -2.70. The van der Waals surface area contributed by atoms with Gasteiger partial charge in [0.1, 0.15) is 5.69 Å². The number of nitrogens with zero attached hydrogens (tertiary/aromatic N) is 2. The molecular weight excluding hydrogens is 284 g/mol. The lowest BCUT2D eigenvalue weighted by atomic mass is 9.44. The molecule has 1 aromatic heterocycles. The number of ether oxygens (including phenoxy) is 1. The Morgan fingerprint density at radius 1 is 1.23 bits per heavy atom. The molecule has 120 valence electrons. The molecule has 2 N–H and O–H groups in total. The third-order valence-electron chi connectivity index (χ3n) is 4.67. The van der Waals surface area contributed by atoms with E-state index in [4.69, 9.17) is 4.74 Å². The molecular formula is C15H22N4O3. The van der Waals surface area contributed by atoms with Crippen molar-refractivity contribution in [2.24, 2.45) is 7.05 Å². The van der Waals surface area contributed by atoms with Gasteiger partial charge in [-0.15, -0.1) is 0 Å². The first-order valence-electron chi connectivity index (χ1n) is 7.47. The highest BCUT2D eigenvalue weighted by molar-refractivity contribution is 5.80. The number of nitrogens with one attached hydrogen (secondary N) is 2. The van der Waals surface area contributed by atoms with Crippen molar-refractivity contribution in [2.75, 3.05) is 6.61 Å². The topological polar surface area (TPSA) is 85.2 Å². The van der Waals surface area contributed by atoms with Gasteiger partial charge in [0.05, 0.1) is 5.69 Å². The summed E-state index contributed by atoms with van der Waals surface area (Å²) in [4.78, 5) is 23.2. The van der Waals surface area contributed by atoms with Crippen LogP contribution in [0.4, 0.5) is 0 Å². The molecule has 2 bridgehead atoms. The first-order valence-corrected chi connectivity index (χ1v) is 7.47. The van der Waals surface area contributed by atoms with Crippen molar-refractivity contribution in [3.05, 3.63) is 11.4 Å². The minimum Gasteiger partial charge on any atom is -0.480 e. The van der Waals surface area contributed by atoms with Crippen LogP contribution in [-0.4, -0.2) is 39.3 Å². The summed E-state index contributed by atoms with van der Waals surface area (Å²) in [6.45, 7) is 5.28. The summed E-state index contributed by atoms with van der Waals surface area (Å²) in [6, 6.07) is 0. The fourth-order valence-corrected chi connectivity index (χ4v) is 3.86. The maximum absolute atomic E-state index is 12.1. The van der Waals surface area contributed by atoms with Gasteiger partial charge in [-0.2, -0.15) is 5.10 Å². The largest absolute Gasteiger partial charge is 0.480 e. The van der Waals surface area contributed by atoms with Crippen LogP contribution < -0.4 is 15.4 Å². The van der Waals surface area contributed by atoms with Crippen molar-refractivity contribution in [3.63, 3.8) is 0 Å². The molecule has 1 aromatic rings. The molecule has 0 atom stereocenters. The predicted molar refractivity (Wildman–Crippen MR) is 79.4 cm³/mol. The first kappa shape index (κ1) is 14.9. The van der Waals surface area contributed by atoms with E-state index < -0.39 is 0 Å². The quantitative estimate of drug-likeness (QED) is 0.821. The molecule has 2 amide bonds. The van der Waals surface area contributed by atoms with Crippen LogP contribution in [0.15, 0.2) is 0 Å². The highest BCUT2D eigenvalue weighted by atomic mass is 16.5. The number of carbonyl (C=O) groups excluding carboxylic acids is 2. The number of hydrogen-bond acceptors (Lipinski definition) is 4. The molecule has 3 aliphatic rings. The SMILES string of the molecule is CC(=O)NC12CC(NC(=O)COc3c(C)nn(C)c3C)(C1)C2. The second-order valence-corrected chi connectivity index (χ2v) is 6.73. The van der Waals surface area contributed by atoms with Crippen LogP contribution >= 0.6 is 0 Å². The van der Waals surface area contributed by atoms with E-state index in [0.29, 0.717) is 5.75 Å². The normalized spacial score (nSPS) is 28.4. The van der Waals surface area contributed by atoms with Gasteiger partial charge in [0.2, 0.25) is 5.91 Å². The third-order valence-corrected chi connectivity index (χ3v) is 4.67. The first-order chi connectivity index (χ1) is 10.2. The zero-order valence-corrected chi connectivity index (χ0v) is 13.4. The van der Waals surface area contributed by atoms with Gasteiger partial charge in [0.15, 0.2) is 12.4 Å². The van der Waals surface area contributed by atoms with Crippen molar-refractivity contribution in [1.29, 1.82) is 0 Å². The van der Waals surface area contributed by atoms with Crippen LogP contribution in [0.3, 0.4) is 0 Å². The van der Waals surface area contributed by atoms with Crippen LogP contribution in [0.2, 0.25) is 0 Å². The van der Waals surface area contributed by atoms with Crippen molar-refractivity contribution < 1.29 is 14.3 Å². The van der Waals surface area contributed by atoms with Gasteiger partial charge < -0.3 is 15.4 Å². The van der Waals surface area contributed by atoms with E-state index in [2.05, 4.69) is 15.7 Å². The van der Waals surface area contributed by atoms with Gasteiger partial charge >= 0.3 is 0 Å². The van der Waals surface area contributed by atoms with E-state index in [-0.39, 0.29) is 29.5 Å². The Morgan fingerprint density at radius 2 is 1.82 bits per heavy atom. The Balaban J connectivity index is 1.48. The van der Waals surface area contributed by atoms with E-state index in [1.54, 1.807) is 4.68 Å². The predicted octanol–water partition coefficient (Wildman–Crippen LogP) is 0.343. The van der Waals surface area contributed by atoms with Gasteiger partial charge in [-0.25, -0.2) is 0 Å². The van der Waals surface area contributed by atoms with Crippen molar-refractivity contribution in [3.8, 4) is 5.75 Å². The van der Waals surface area contributed by atoms with E-state index in [9.17, 15) is 9.59 Å². The molecule has 3 fully saturated rings. The second-order valence-electron chi connectivity index (χ2n) is 6.73. The Labute approximate surface area is 129 Å². The van der Waals surface area contributed by atoms with Crippen LogP contribution in [0.25, 0.3) is 0 Å². The monoisotopic (exact) mass is 306 g/mol. The molecule has 0 aliphatic heterocycles. The van der Waals surface area contributed by atoms with Gasteiger partial charge in [0, 0.05) is 25.0 Å². The zero-order valence-electron chi connectivity index (χ0n) is 13.4. The highest BCUT2D eigenvalue weighted by Crippen LogP contribution is 2.60. The van der Waals surface area contributed by atoms with Crippen molar-refractivity contribution in [2.45, 2.75) is 51.1 Å². The van der Waals surface area contributed by atoms with Gasteiger partial charge in [-0.3, -0.25) is 14.3 Å². The lowest BCUT2D eigenvalue weighted by Crippen LogP contribution is -2.83. The number of aryl methyl sites for hydroxylation is 2. The average molecular weight is 306 g/mol.